The zero-order valence-electron chi connectivity index (χ0n) is 18.2. The number of carbonyl (C=O) groups excluding carboxylic acids is 1. The molecule has 1 N–H and O–H groups in total. The molecule has 3 heteroatoms. The first-order chi connectivity index (χ1) is 14.7. The Kier molecular flexibility index (Phi) is 6.49. The maximum absolute atomic E-state index is 13.0. The molecule has 3 aromatic carbocycles. The second-order valence-corrected chi connectivity index (χ2v) is 8.34. The minimum atomic E-state index is 0.100. The van der Waals surface area contributed by atoms with E-state index in [2.05, 4.69) is 84.7 Å². The summed E-state index contributed by atoms with van der Waals surface area (Å²) in [5, 5.41) is 5.92. The van der Waals surface area contributed by atoms with Gasteiger partial charge in [0.2, 0.25) is 5.91 Å². The number of carbonyl (C=O) groups is 1. The fourth-order valence-electron chi connectivity index (χ4n) is 4.65. The van der Waals surface area contributed by atoms with Crippen LogP contribution in [0.3, 0.4) is 0 Å². The Bertz CT molecular complexity index is 991. The Labute approximate surface area is 180 Å². The van der Waals surface area contributed by atoms with E-state index in [1.807, 2.05) is 0 Å². The number of fused-ring (bicyclic) bond motifs is 1. The third kappa shape index (κ3) is 4.41. The summed E-state index contributed by atoms with van der Waals surface area (Å²) in [6, 6.07) is 21.5. The van der Waals surface area contributed by atoms with Crippen LogP contribution in [0.4, 0.5) is 5.69 Å². The number of benzene rings is 3. The number of aryl methyl sites for hydroxylation is 2. The summed E-state index contributed by atoms with van der Waals surface area (Å²) in [7, 11) is 0. The summed E-state index contributed by atoms with van der Waals surface area (Å²) in [5.41, 5.74) is 4.89. The van der Waals surface area contributed by atoms with Gasteiger partial charge >= 0.3 is 0 Å². The molecule has 1 aliphatic rings. The number of hydrogen-bond donors (Lipinski definition) is 1. The van der Waals surface area contributed by atoms with Crippen LogP contribution in [0.2, 0.25) is 0 Å². The zero-order valence-corrected chi connectivity index (χ0v) is 18.2. The van der Waals surface area contributed by atoms with Crippen LogP contribution in [-0.4, -0.2) is 23.9 Å². The van der Waals surface area contributed by atoms with Crippen molar-refractivity contribution in [1.82, 2.24) is 4.90 Å². The molecule has 30 heavy (non-hydrogen) atoms. The summed E-state index contributed by atoms with van der Waals surface area (Å²) in [4.78, 5) is 15.5. The molecule has 1 aliphatic heterocycles. The number of nitrogens with one attached hydrogen (secondary N) is 1. The van der Waals surface area contributed by atoms with Crippen LogP contribution in [0.15, 0.2) is 60.7 Å². The summed E-state index contributed by atoms with van der Waals surface area (Å²) < 4.78 is 0. The van der Waals surface area contributed by atoms with Gasteiger partial charge in [0.15, 0.2) is 0 Å². The third-order valence-corrected chi connectivity index (χ3v) is 6.48. The molecule has 0 aliphatic carbocycles. The van der Waals surface area contributed by atoms with Crippen LogP contribution in [0.1, 0.15) is 43.4 Å². The van der Waals surface area contributed by atoms with Gasteiger partial charge in [0.25, 0.3) is 0 Å². The second kappa shape index (κ2) is 9.44. The van der Waals surface area contributed by atoms with Gasteiger partial charge in [-0.05, 0) is 66.2 Å². The van der Waals surface area contributed by atoms with Gasteiger partial charge in [0.05, 0.1) is 0 Å². The lowest BCUT2D eigenvalue weighted by atomic mass is 9.94. The lowest BCUT2D eigenvalue weighted by Crippen LogP contribution is -2.38. The minimum absolute atomic E-state index is 0.100. The largest absolute Gasteiger partial charge is 0.325 e. The van der Waals surface area contributed by atoms with Gasteiger partial charge in [-0.3, -0.25) is 9.69 Å². The first-order valence-corrected chi connectivity index (χ1v) is 11.3. The summed E-state index contributed by atoms with van der Waals surface area (Å²) in [5.74, 6) is 0.291. The van der Waals surface area contributed by atoms with Crippen molar-refractivity contribution in [2.45, 2.75) is 46.1 Å². The van der Waals surface area contributed by atoms with Gasteiger partial charge in [0.1, 0.15) is 0 Å². The number of likely N-dealkylation sites (tertiary alicyclic amines) is 1. The van der Waals surface area contributed by atoms with Crippen molar-refractivity contribution in [3.63, 3.8) is 0 Å². The van der Waals surface area contributed by atoms with Crippen molar-refractivity contribution in [3.8, 4) is 0 Å². The Morgan fingerprint density at radius 2 is 1.47 bits per heavy atom. The number of para-hydroxylation sites is 1. The van der Waals surface area contributed by atoms with Crippen molar-refractivity contribution in [2.24, 2.45) is 5.92 Å². The average Bonchev–Trinajstić information content (AvgIpc) is 2.80. The maximum atomic E-state index is 13.0. The van der Waals surface area contributed by atoms with Crippen molar-refractivity contribution in [1.29, 1.82) is 0 Å². The normalized spacial score (nSPS) is 15.4. The fourth-order valence-corrected chi connectivity index (χ4v) is 4.65. The molecule has 3 aromatic rings. The highest BCUT2D eigenvalue weighted by Crippen LogP contribution is 2.27. The molecule has 0 bridgehead atoms. The SMILES string of the molecule is CCc1cccc(CC)c1NC(=O)C1CCN(Cc2cccc3ccccc23)CC1. The van der Waals surface area contributed by atoms with Gasteiger partial charge < -0.3 is 5.32 Å². The first-order valence-electron chi connectivity index (χ1n) is 11.3. The molecule has 0 saturated carbocycles. The van der Waals surface area contributed by atoms with Crippen LogP contribution >= 0.6 is 0 Å². The standard InChI is InChI=1S/C27H32N2O/c1-3-20-10-7-11-21(4-2)26(20)28-27(30)23-15-17-29(18-16-23)19-24-13-8-12-22-9-5-6-14-25(22)24/h5-14,23H,3-4,15-19H2,1-2H3,(H,28,30). The average molecular weight is 401 g/mol. The van der Waals surface area contributed by atoms with E-state index in [0.717, 1.165) is 51.0 Å². The zero-order chi connectivity index (χ0) is 20.9. The van der Waals surface area contributed by atoms with Gasteiger partial charge in [-0.25, -0.2) is 0 Å². The number of nitrogens with zero attached hydrogens (tertiary/aromatic N) is 1. The lowest BCUT2D eigenvalue weighted by molar-refractivity contribution is -0.121. The Balaban J connectivity index is 1.38. The van der Waals surface area contributed by atoms with E-state index in [1.54, 1.807) is 0 Å². The van der Waals surface area contributed by atoms with E-state index < -0.39 is 0 Å². The van der Waals surface area contributed by atoms with E-state index in [1.165, 1.54) is 27.5 Å². The molecule has 4 rings (SSSR count). The number of piperidine rings is 1. The third-order valence-electron chi connectivity index (χ3n) is 6.48. The molecular formula is C27H32N2O. The highest BCUT2D eigenvalue weighted by Gasteiger charge is 2.26. The molecule has 0 aromatic heterocycles. The van der Waals surface area contributed by atoms with Crippen molar-refractivity contribution in [2.75, 3.05) is 18.4 Å². The highest BCUT2D eigenvalue weighted by molar-refractivity contribution is 5.94. The lowest BCUT2D eigenvalue weighted by Gasteiger charge is -2.32. The predicted octanol–water partition coefficient (Wildman–Crippen LogP) is 5.82. The molecule has 3 nitrogen and oxygen atoms in total. The van der Waals surface area contributed by atoms with Crippen molar-refractivity contribution in [3.05, 3.63) is 77.4 Å². The van der Waals surface area contributed by atoms with E-state index >= 15 is 0 Å². The van der Waals surface area contributed by atoms with Crippen LogP contribution < -0.4 is 5.32 Å². The molecule has 156 valence electrons. The van der Waals surface area contributed by atoms with E-state index in [0.29, 0.717) is 0 Å². The van der Waals surface area contributed by atoms with Crippen LogP contribution in [-0.2, 0) is 24.2 Å². The van der Waals surface area contributed by atoms with Crippen LogP contribution in [0.5, 0.6) is 0 Å². The Hall–Kier alpha value is -2.65. The topological polar surface area (TPSA) is 32.3 Å². The molecular weight excluding hydrogens is 368 g/mol. The summed E-state index contributed by atoms with van der Waals surface area (Å²) in [6.45, 7) is 7.19. The Morgan fingerprint density at radius 1 is 0.867 bits per heavy atom. The molecule has 0 spiro atoms. The van der Waals surface area contributed by atoms with E-state index in [9.17, 15) is 4.79 Å². The molecule has 1 fully saturated rings. The van der Waals surface area contributed by atoms with Gasteiger partial charge in [-0.1, -0.05) is 74.5 Å². The monoisotopic (exact) mass is 400 g/mol. The molecule has 0 radical (unpaired) electrons. The quantitative estimate of drug-likeness (QED) is 0.566. The van der Waals surface area contributed by atoms with E-state index in [4.69, 9.17) is 0 Å². The van der Waals surface area contributed by atoms with Crippen LogP contribution in [0, 0.1) is 5.92 Å². The summed E-state index contributed by atoms with van der Waals surface area (Å²) in [6.07, 6.45) is 3.72. The van der Waals surface area contributed by atoms with Crippen molar-refractivity contribution < 1.29 is 4.79 Å². The number of rotatable bonds is 6. The van der Waals surface area contributed by atoms with E-state index in [-0.39, 0.29) is 11.8 Å². The van der Waals surface area contributed by atoms with Crippen molar-refractivity contribution >= 4 is 22.4 Å². The minimum Gasteiger partial charge on any atom is -0.325 e. The number of hydrogen-bond acceptors (Lipinski definition) is 2. The summed E-state index contributed by atoms with van der Waals surface area (Å²) >= 11 is 0. The molecule has 0 unspecified atom stereocenters. The second-order valence-electron chi connectivity index (χ2n) is 8.34. The maximum Gasteiger partial charge on any atom is 0.227 e. The van der Waals surface area contributed by atoms with Crippen LogP contribution in [0.25, 0.3) is 10.8 Å². The first kappa shape index (κ1) is 20.6. The number of amides is 1. The molecule has 1 heterocycles. The molecule has 1 amide bonds. The molecule has 0 atom stereocenters. The van der Waals surface area contributed by atoms with Gasteiger partial charge in [-0.15, -0.1) is 0 Å². The van der Waals surface area contributed by atoms with Gasteiger partial charge in [0, 0.05) is 18.2 Å². The smallest absolute Gasteiger partial charge is 0.227 e. The molecule has 1 saturated heterocycles. The highest BCUT2D eigenvalue weighted by atomic mass is 16.1. The number of anilines is 1. The fraction of sp³-hybridized carbons (Fsp3) is 0.370. The predicted molar refractivity (Wildman–Crippen MR) is 126 cm³/mol. The van der Waals surface area contributed by atoms with Gasteiger partial charge in [-0.2, -0.15) is 0 Å². The Morgan fingerprint density at radius 3 is 2.17 bits per heavy atom.